The number of pyridine rings is 1. The van der Waals surface area contributed by atoms with Gasteiger partial charge in [0.05, 0.1) is 11.1 Å². The van der Waals surface area contributed by atoms with Crippen molar-refractivity contribution in [3.8, 4) is 0 Å². The number of guanidine groups is 1. The number of fused-ring (bicyclic) bond motifs is 1. The lowest BCUT2D eigenvalue weighted by molar-refractivity contribution is -0.124. The van der Waals surface area contributed by atoms with Crippen molar-refractivity contribution >= 4 is 52.1 Å². The fourth-order valence-corrected chi connectivity index (χ4v) is 5.76. The number of carbonyl (C=O) groups excluding carboxylic acids is 3. The fourth-order valence-electron chi connectivity index (χ4n) is 4.62. The first-order valence-electron chi connectivity index (χ1n) is 12.5. The molecule has 11 nitrogen and oxygen atoms in total. The zero-order valence-corrected chi connectivity index (χ0v) is 22.7. The number of ketones is 1. The minimum absolute atomic E-state index is 0.0353. The highest BCUT2D eigenvalue weighted by Gasteiger charge is 2.34. The number of rotatable bonds is 11. The highest BCUT2D eigenvalue weighted by atomic mass is 35.5. The molecule has 202 valence electrons. The maximum Gasteiger partial charge on any atom is 0.274 e. The number of amides is 2. The molecular weight excluding hydrogens is 528 g/mol. The standard InChI is InChI=1S/C25H31ClN8O3S/c1-29-22(36)15(5-2-3-9-30-25(27)28)11-20(35)18-14-38-23(32-18)19-6-4-10-34(19)24(37)17-13-33-12-16(26)7-8-21(33)31-17/h7-8,12-15,19H,2-6,9-11H2,1H3,(H,29,36)(H4,27,28,30)/t15-,19+/m1/s1. The van der Waals surface area contributed by atoms with Crippen molar-refractivity contribution < 1.29 is 14.4 Å². The first-order chi connectivity index (χ1) is 18.3. The Hall–Kier alpha value is -3.51. The van der Waals surface area contributed by atoms with Crippen molar-refractivity contribution in [2.75, 3.05) is 20.1 Å². The summed E-state index contributed by atoms with van der Waals surface area (Å²) in [5.41, 5.74) is 12.0. The van der Waals surface area contributed by atoms with Gasteiger partial charge in [-0.3, -0.25) is 19.4 Å². The molecule has 0 saturated carbocycles. The molecule has 1 aliphatic heterocycles. The fraction of sp³-hybridized carbons (Fsp3) is 0.440. The molecule has 1 saturated heterocycles. The van der Waals surface area contributed by atoms with Crippen LogP contribution in [0.4, 0.5) is 0 Å². The minimum atomic E-state index is -0.468. The Bertz CT molecular complexity index is 1350. The van der Waals surface area contributed by atoms with E-state index < -0.39 is 5.92 Å². The van der Waals surface area contributed by atoms with Gasteiger partial charge in [-0.2, -0.15) is 0 Å². The van der Waals surface area contributed by atoms with E-state index in [4.69, 9.17) is 23.1 Å². The molecule has 1 fully saturated rings. The Morgan fingerprint density at radius 1 is 1.21 bits per heavy atom. The third kappa shape index (κ3) is 6.48. The van der Waals surface area contributed by atoms with Crippen LogP contribution in [0.25, 0.3) is 5.65 Å². The molecule has 2 atom stereocenters. The third-order valence-electron chi connectivity index (χ3n) is 6.54. The van der Waals surface area contributed by atoms with Gasteiger partial charge in [0.1, 0.15) is 22.0 Å². The number of hydrogen-bond acceptors (Lipinski definition) is 7. The number of imidazole rings is 1. The molecule has 2 amide bonds. The lowest BCUT2D eigenvalue weighted by Gasteiger charge is -2.22. The van der Waals surface area contributed by atoms with Gasteiger partial charge in [-0.15, -0.1) is 11.3 Å². The monoisotopic (exact) mass is 558 g/mol. The molecule has 13 heteroatoms. The second-order valence-corrected chi connectivity index (χ2v) is 10.5. The number of Topliss-reactive ketones (excluding diaryl/α,β-unsaturated/α-hetero) is 1. The SMILES string of the molecule is CNC(=O)[C@H](CCCCN=C(N)N)CC(=O)c1csc([C@@H]2CCCN2C(=O)c2cn3cc(Cl)ccc3n2)n1. The summed E-state index contributed by atoms with van der Waals surface area (Å²) in [5, 5.41) is 5.62. The van der Waals surface area contributed by atoms with Crippen molar-refractivity contribution in [3.63, 3.8) is 0 Å². The van der Waals surface area contributed by atoms with Crippen molar-refractivity contribution in [1.29, 1.82) is 0 Å². The Kier molecular flexibility index (Phi) is 8.95. The van der Waals surface area contributed by atoms with E-state index >= 15 is 0 Å². The topological polar surface area (TPSA) is 161 Å². The van der Waals surface area contributed by atoms with Crippen LogP contribution in [-0.2, 0) is 4.79 Å². The minimum Gasteiger partial charge on any atom is -0.370 e. The van der Waals surface area contributed by atoms with Crippen LogP contribution in [0, 0.1) is 5.92 Å². The van der Waals surface area contributed by atoms with E-state index in [1.165, 1.54) is 11.3 Å². The molecule has 0 bridgehead atoms. The average molecular weight is 559 g/mol. The van der Waals surface area contributed by atoms with E-state index in [0.717, 1.165) is 12.8 Å². The van der Waals surface area contributed by atoms with Crippen LogP contribution < -0.4 is 16.8 Å². The smallest absolute Gasteiger partial charge is 0.274 e. The van der Waals surface area contributed by atoms with Gasteiger partial charge in [-0.1, -0.05) is 18.0 Å². The number of aromatic nitrogens is 3. The Morgan fingerprint density at radius 2 is 2.03 bits per heavy atom. The summed E-state index contributed by atoms with van der Waals surface area (Å²) >= 11 is 7.42. The molecule has 1 aliphatic rings. The first kappa shape index (κ1) is 27.5. The van der Waals surface area contributed by atoms with Crippen molar-refractivity contribution in [2.45, 2.75) is 44.6 Å². The van der Waals surface area contributed by atoms with Crippen LogP contribution in [0.15, 0.2) is 34.9 Å². The zero-order valence-electron chi connectivity index (χ0n) is 21.1. The lowest BCUT2D eigenvalue weighted by atomic mass is 9.94. The largest absolute Gasteiger partial charge is 0.370 e. The van der Waals surface area contributed by atoms with E-state index in [0.29, 0.717) is 59.4 Å². The summed E-state index contributed by atoms with van der Waals surface area (Å²) < 4.78 is 1.73. The maximum absolute atomic E-state index is 13.3. The van der Waals surface area contributed by atoms with E-state index in [2.05, 4.69) is 20.3 Å². The van der Waals surface area contributed by atoms with Gasteiger partial charge in [0.25, 0.3) is 5.91 Å². The lowest BCUT2D eigenvalue weighted by Crippen LogP contribution is -2.31. The van der Waals surface area contributed by atoms with Gasteiger partial charge in [0.2, 0.25) is 5.91 Å². The number of thiazole rings is 1. The van der Waals surface area contributed by atoms with Crippen molar-refractivity contribution in [2.24, 2.45) is 22.4 Å². The van der Waals surface area contributed by atoms with Gasteiger partial charge in [-0.25, -0.2) is 9.97 Å². The van der Waals surface area contributed by atoms with Crippen LogP contribution in [0.3, 0.4) is 0 Å². The Balaban J connectivity index is 1.41. The maximum atomic E-state index is 13.3. The van der Waals surface area contributed by atoms with Crippen LogP contribution in [0.5, 0.6) is 0 Å². The second-order valence-electron chi connectivity index (χ2n) is 9.21. The van der Waals surface area contributed by atoms with Gasteiger partial charge in [-0.05, 0) is 37.8 Å². The molecule has 3 aromatic rings. The number of unbranched alkanes of at least 4 members (excludes halogenated alkanes) is 1. The molecule has 3 aromatic heterocycles. The highest BCUT2D eigenvalue weighted by molar-refractivity contribution is 7.09. The summed E-state index contributed by atoms with van der Waals surface area (Å²) in [6.45, 7) is 1.06. The third-order valence-corrected chi connectivity index (χ3v) is 7.71. The molecule has 5 N–H and O–H groups in total. The van der Waals surface area contributed by atoms with Crippen LogP contribution in [-0.4, -0.2) is 63.0 Å². The van der Waals surface area contributed by atoms with Crippen LogP contribution in [0.2, 0.25) is 5.02 Å². The highest BCUT2D eigenvalue weighted by Crippen LogP contribution is 2.35. The summed E-state index contributed by atoms with van der Waals surface area (Å²) in [6.07, 6.45) is 6.98. The van der Waals surface area contributed by atoms with E-state index in [9.17, 15) is 14.4 Å². The first-order valence-corrected chi connectivity index (χ1v) is 13.7. The predicted octanol–water partition coefficient (Wildman–Crippen LogP) is 2.80. The molecule has 0 aliphatic carbocycles. The molecule has 0 spiro atoms. The molecule has 4 heterocycles. The molecule has 38 heavy (non-hydrogen) atoms. The number of aliphatic imine (C=N–C) groups is 1. The number of nitrogens with two attached hydrogens (primary N) is 2. The number of carbonyl (C=O) groups is 3. The molecular formula is C25H31ClN8O3S. The Labute approximate surface area is 229 Å². The van der Waals surface area contributed by atoms with Gasteiger partial charge >= 0.3 is 0 Å². The number of likely N-dealkylation sites (tertiary alicyclic amines) is 1. The van der Waals surface area contributed by atoms with Gasteiger partial charge in [0, 0.05) is 50.2 Å². The summed E-state index contributed by atoms with van der Waals surface area (Å²) in [7, 11) is 1.56. The average Bonchev–Trinajstić information content (AvgIpc) is 3.65. The zero-order chi connectivity index (χ0) is 27.2. The van der Waals surface area contributed by atoms with Crippen LogP contribution in [0.1, 0.15) is 70.6 Å². The normalized spacial score (nSPS) is 15.9. The molecule has 0 aromatic carbocycles. The van der Waals surface area contributed by atoms with Crippen LogP contribution >= 0.6 is 22.9 Å². The Morgan fingerprint density at radius 3 is 2.79 bits per heavy atom. The van der Waals surface area contributed by atoms with Gasteiger partial charge < -0.3 is 26.1 Å². The van der Waals surface area contributed by atoms with Crippen molar-refractivity contribution in [3.05, 3.63) is 51.3 Å². The number of hydrogen-bond donors (Lipinski definition) is 3. The quantitative estimate of drug-likeness (QED) is 0.141. The summed E-state index contributed by atoms with van der Waals surface area (Å²) in [5.74, 6) is -0.996. The number of halogens is 1. The number of nitrogens with zero attached hydrogens (tertiary/aromatic N) is 5. The summed E-state index contributed by atoms with van der Waals surface area (Å²) in [4.78, 5) is 53.5. The summed E-state index contributed by atoms with van der Waals surface area (Å²) in [6, 6.07) is 3.26. The molecule has 0 radical (unpaired) electrons. The van der Waals surface area contributed by atoms with Gasteiger partial charge in [0.15, 0.2) is 11.7 Å². The number of nitrogens with one attached hydrogen (secondary N) is 1. The van der Waals surface area contributed by atoms with E-state index in [-0.39, 0.29) is 36.0 Å². The molecule has 0 unspecified atom stereocenters. The van der Waals surface area contributed by atoms with E-state index in [1.54, 1.807) is 46.3 Å². The van der Waals surface area contributed by atoms with E-state index in [1.807, 2.05) is 0 Å². The predicted molar refractivity (Wildman–Crippen MR) is 146 cm³/mol. The second kappa shape index (κ2) is 12.4. The molecule has 4 rings (SSSR count). The van der Waals surface area contributed by atoms with Crippen molar-refractivity contribution in [1.82, 2.24) is 24.6 Å².